The second kappa shape index (κ2) is 11.3. The maximum Gasteiger partial charge on any atom is 0.240 e. The standard InChI is InChI=1S/C33H32FN3O7/c1-19-4-6-20(7-5-19)36-30(38)33(11-12-33)31(39)37-21-8-9-24(22(34)16-21)44-25-10-13-35-23-17-26(43-18-32(2,3)40)28-29(27(23)25)42-15-14-41-28/h4-10,13,16-17,40H,11-12,14-15,18H2,1-3H3,(H,36,38)(H,37,39). The Hall–Kier alpha value is -4.90. The number of amides is 2. The van der Waals surface area contributed by atoms with Gasteiger partial charge in [0.2, 0.25) is 17.6 Å². The molecule has 2 heterocycles. The zero-order chi connectivity index (χ0) is 31.1. The van der Waals surface area contributed by atoms with E-state index in [1.165, 1.54) is 18.3 Å². The number of pyridine rings is 1. The van der Waals surface area contributed by atoms with Gasteiger partial charge in [-0.15, -0.1) is 0 Å². The Bertz CT molecular complexity index is 1750. The Morgan fingerprint density at radius 2 is 1.59 bits per heavy atom. The summed E-state index contributed by atoms with van der Waals surface area (Å²) in [6.07, 6.45) is 2.31. The van der Waals surface area contributed by atoms with Crippen molar-refractivity contribution in [2.75, 3.05) is 30.5 Å². The Labute approximate surface area is 253 Å². The van der Waals surface area contributed by atoms with Crippen LogP contribution in [0, 0.1) is 18.2 Å². The van der Waals surface area contributed by atoms with Gasteiger partial charge in [0.25, 0.3) is 0 Å². The molecule has 1 aliphatic carbocycles. The van der Waals surface area contributed by atoms with E-state index in [9.17, 15) is 14.7 Å². The number of fused-ring (bicyclic) bond motifs is 3. The Balaban J connectivity index is 1.20. The summed E-state index contributed by atoms with van der Waals surface area (Å²) in [5, 5.41) is 16.1. The first-order chi connectivity index (χ1) is 21.0. The number of anilines is 2. The van der Waals surface area contributed by atoms with Crippen molar-refractivity contribution in [3.05, 3.63) is 72.2 Å². The number of rotatable bonds is 9. The number of carbonyl (C=O) groups excluding carboxylic acids is 2. The van der Waals surface area contributed by atoms with E-state index >= 15 is 4.39 Å². The van der Waals surface area contributed by atoms with Crippen LogP contribution in [-0.2, 0) is 9.59 Å². The zero-order valence-electron chi connectivity index (χ0n) is 24.5. The fraction of sp³-hybridized carbons (Fsp3) is 0.303. The first-order valence-corrected chi connectivity index (χ1v) is 14.3. The van der Waals surface area contributed by atoms with Crippen molar-refractivity contribution in [3.63, 3.8) is 0 Å². The molecule has 0 radical (unpaired) electrons. The summed E-state index contributed by atoms with van der Waals surface area (Å²) in [5.41, 5.74) is 0.0241. The first-order valence-electron chi connectivity index (χ1n) is 14.3. The van der Waals surface area contributed by atoms with Gasteiger partial charge in [0.15, 0.2) is 23.1 Å². The highest BCUT2D eigenvalue weighted by atomic mass is 19.1. The monoisotopic (exact) mass is 601 g/mol. The van der Waals surface area contributed by atoms with Crippen LogP contribution in [0.15, 0.2) is 60.8 Å². The third-order valence-electron chi connectivity index (χ3n) is 7.36. The van der Waals surface area contributed by atoms with Crippen molar-refractivity contribution in [2.24, 2.45) is 5.41 Å². The second-order valence-electron chi connectivity index (χ2n) is 11.6. The smallest absolute Gasteiger partial charge is 0.240 e. The van der Waals surface area contributed by atoms with Crippen molar-refractivity contribution in [2.45, 2.75) is 39.2 Å². The molecule has 228 valence electrons. The molecule has 1 aromatic heterocycles. The molecule has 2 amide bonds. The maximum absolute atomic E-state index is 15.3. The molecule has 1 fully saturated rings. The molecule has 4 aromatic rings. The molecule has 2 aliphatic rings. The number of hydrogen-bond acceptors (Lipinski definition) is 8. The number of nitrogens with zero attached hydrogens (tertiary/aromatic N) is 1. The normalized spacial score (nSPS) is 14.9. The van der Waals surface area contributed by atoms with Gasteiger partial charge >= 0.3 is 0 Å². The molecule has 3 N–H and O–H groups in total. The molecule has 0 atom stereocenters. The van der Waals surface area contributed by atoms with Gasteiger partial charge in [-0.25, -0.2) is 4.39 Å². The minimum Gasteiger partial charge on any atom is -0.486 e. The van der Waals surface area contributed by atoms with E-state index in [0.29, 0.717) is 53.3 Å². The molecule has 0 saturated heterocycles. The summed E-state index contributed by atoms with van der Waals surface area (Å²) >= 11 is 0. The Kier molecular flexibility index (Phi) is 7.50. The van der Waals surface area contributed by atoms with Crippen LogP contribution >= 0.6 is 0 Å². The van der Waals surface area contributed by atoms with E-state index in [-0.39, 0.29) is 30.4 Å². The quantitative estimate of drug-likeness (QED) is 0.207. The number of benzene rings is 3. The van der Waals surface area contributed by atoms with Gasteiger partial charge < -0.3 is 34.7 Å². The number of aryl methyl sites for hydroxylation is 1. The molecule has 1 aliphatic heterocycles. The number of hydrogen-bond donors (Lipinski definition) is 3. The van der Waals surface area contributed by atoms with Crippen LogP contribution in [0.25, 0.3) is 10.9 Å². The predicted molar refractivity (Wildman–Crippen MR) is 161 cm³/mol. The Morgan fingerprint density at radius 3 is 2.25 bits per heavy atom. The number of halogens is 1. The molecule has 3 aromatic carbocycles. The van der Waals surface area contributed by atoms with E-state index in [1.807, 2.05) is 19.1 Å². The van der Waals surface area contributed by atoms with Crippen molar-refractivity contribution < 1.29 is 38.0 Å². The SMILES string of the molecule is Cc1ccc(NC(=O)C2(C(=O)Nc3ccc(Oc4ccnc5cc(OCC(C)(C)O)c6c(c45)OCCO6)c(F)c3)CC2)cc1. The molecule has 10 nitrogen and oxygen atoms in total. The molecule has 11 heteroatoms. The molecular weight excluding hydrogens is 569 g/mol. The van der Waals surface area contributed by atoms with E-state index in [4.69, 9.17) is 18.9 Å². The molecule has 0 bridgehead atoms. The third kappa shape index (κ3) is 5.96. The molecule has 6 rings (SSSR count). The summed E-state index contributed by atoms with van der Waals surface area (Å²) < 4.78 is 38.9. The van der Waals surface area contributed by atoms with Gasteiger partial charge in [-0.05, 0) is 63.9 Å². The van der Waals surface area contributed by atoms with Gasteiger partial charge in [0, 0.05) is 29.7 Å². The highest BCUT2D eigenvalue weighted by Gasteiger charge is 2.56. The highest BCUT2D eigenvalue weighted by Crippen LogP contribution is 2.49. The van der Waals surface area contributed by atoms with Crippen LogP contribution in [0.4, 0.5) is 15.8 Å². The van der Waals surface area contributed by atoms with Crippen LogP contribution in [0.2, 0.25) is 0 Å². The lowest BCUT2D eigenvalue weighted by molar-refractivity contribution is -0.131. The summed E-state index contributed by atoms with van der Waals surface area (Å²) in [7, 11) is 0. The summed E-state index contributed by atoms with van der Waals surface area (Å²) in [6.45, 7) is 5.78. The predicted octanol–water partition coefficient (Wildman–Crippen LogP) is 5.75. The third-order valence-corrected chi connectivity index (χ3v) is 7.36. The van der Waals surface area contributed by atoms with Crippen LogP contribution in [-0.4, -0.2) is 47.3 Å². The zero-order valence-corrected chi connectivity index (χ0v) is 24.5. The minimum atomic E-state index is -1.21. The number of carbonyl (C=O) groups is 2. The average Bonchev–Trinajstić information content (AvgIpc) is 3.81. The highest BCUT2D eigenvalue weighted by molar-refractivity contribution is 6.16. The van der Waals surface area contributed by atoms with Gasteiger partial charge in [0.05, 0.1) is 16.5 Å². The van der Waals surface area contributed by atoms with Crippen molar-refractivity contribution >= 4 is 34.1 Å². The van der Waals surface area contributed by atoms with Crippen LogP contribution in [0.3, 0.4) is 0 Å². The molecule has 0 unspecified atom stereocenters. The minimum absolute atomic E-state index is 0.0110. The lowest BCUT2D eigenvalue weighted by Gasteiger charge is -2.25. The average molecular weight is 602 g/mol. The van der Waals surface area contributed by atoms with E-state index in [0.717, 1.165) is 11.6 Å². The lowest BCUT2D eigenvalue weighted by atomic mass is 10.0. The largest absolute Gasteiger partial charge is 0.486 e. The Morgan fingerprint density at radius 1 is 0.932 bits per heavy atom. The summed E-state index contributed by atoms with van der Waals surface area (Å²) in [4.78, 5) is 30.4. The number of aliphatic hydroxyl groups is 1. The topological polar surface area (TPSA) is 128 Å². The van der Waals surface area contributed by atoms with Gasteiger partial charge in [-0.2, -0.15) is 0 Å². The number of aromatic nitrogens is 1. The van der Waals surface area contributed by atoms with Crippen LogP contribution in [0.5, 0.6) is 28.7 Å². The van der Waals surface area contributed by atoms with E-state index < -0.39 is 28.6 Å². The molecule has 1 saturated carbocycles. The lowest BCUT2D eigenvalue weighted by Crippen LogP contribution is -2.35. The summed E-state index contributed by atoms with van der Waals surface area (Å²) in [6, 6.07) is 14.6. The first kappa shape index (κ1) is 29.2. The summed E-state index contributed by atoms with van der Waals surface area (Å²) in [5.74, 6) is -0.416. The molecule has 0 spiro atoms. The second-order valence-corrected chi connectivity index (χ2v) is 11.6. The van der Waals surface area contributed by atoms with E-state index in [1.54, 1.807) is 38.1 Å². The van der Waals surface area contributed by atoms with Crippen molar-refractivity contribution in [1.82, 2.24) is 4.98 Å². The fourth-order valence-corrected chi connectivity index (χ4v) is 4.82. The van der Waals surface area contributed by atoms with Gasteiger partial charge in [0.1, 0.15) is 31.0 Å². The number of nitrogens with one attached hydrogen (secondary N) is 2. The number of ether oxygens (including phenoxy) is 4. The van der Waals surface area contributed by atoms with Crippen LogP contribution < -0.4 is 29.6 Å². The fourth-order valence-electron chi connectivity index (χ4n) is 4.82. The molecular formula is C33H32FN3O7. The van der Waals surface area contributed by atoms with Crippen molar-refractivity contribution in [3.8, 4) is 28.7 Å². The molecule has 44 heavy (non-hydrogen) atoms. The van der Waals surface area contributed by atoms with Crippen molar-refractivity contribution in [1.29, 1.82) is 0 Å². The van der Waals surface area contributed by atoms with Crippen LogP contribution in [0.1, 0.15) is 32.3 Å². The van der Waals surface area contributed by atoms with Gasteiger partial charge in [-0.1, -0.05) is 17.7 Å². The maximum atomic E-state index is 15.3. The van der Waals surface area contributed by atoms with Gasteiger partial charge in [-0.3, -0.25) is 14.6 Å². The van der Waals surface area contributed by atoms with E-state index in [2.05, 4.69) is 15.6 Å².